The fourth-order valence-corrected chi connectivity index (χ4v) is 8.10. The maximum absolute atomic E-state index is 13.7. The maximum Gasteiger partial charge on any atom is 0.327 e. The summed E-state index contributed by atoms with van der Waals surface area (Å²) < 4.78 is 12.6. The van der Waals surface area contributed by atoms with Crippen molar-refractivity contribution in [1.29, 1.82) is 0 Å². The second-order valence-corrected chi connectivity index (χ2v) is 19.2. The van der Waals surface area contributed by atoms with Crippen molar-refractivity contribution in [1.82, 2.24) is 56.6 Å². The van der Waals surface area contributed by atoms with Crippen molar-refractivity contribution in [2.24, 2.45) is 11.8 Å². The average molecular weight is 1180 g/mol. The molecule has 0 unspecified atom stereocenters. The number of Topliss-reactive ketones (excluding diaryl/α,β-unsaturated/α-hetero) is 2. The molecule has 0 aliphatic rings. The molecule has 32 nitrogen and oxygen atoms in total. The maximum atomic E-state index is 13.7. The lowest BCUT2D eigenvalue weighted by molar-refractivity contribution is -0.144. The van der Waals surface area contributed by atoms with E-state index < -0.39 is 152 Å². The van der Waals surface area contributed by atoms with Gasteiger partial charge in [-0.3, -0.25) is 71.7 Å². The van der Waals surface area contributed by atoms with Gasteiger partial charge in [0.25, 0.3) is 12.9 Å². The fraction of sp³-hybridized carbons (Fsp3) is 0.633. The lowest BCUT2D eigenvalue weighted by Crippen LogP contribution is -2.53. The summed E-state index contributed by atoms with van der Waals surface area (Å²) in [6, 6.07) is -6.27. The number of carboxylic acid groups (broad SMARTS) is 5. The van der Waals surface area contributed by atoms with E-state index in [9.17, 15) is 82.4 Å². The summed E-state index contributed by atoms with van der Waals surface area (Å²) in [6.07, 6.45) is 2.22. The van der Waals surface area contributed by atoms with E-state index >= 15 is 0 Å². The van der Waals surface area contributed by atoms with E-state index in [1.807, 2.05) is 0 Å². The Bertz CT molecular complexity index is 2490. The van der Waals surface area contributed by atoms with Crippen molar-refractivity contribution >= 4 is 96.5 Å². The second-order valence-electron chi connectivity index (χ2n) is 18.8. The van der Waals surface area contributed by atoms with Crippen LogP contribution in [0, 0.1) is 11.8 Å². The van der Waals surface area contributed by atoms with Gasteiger partial charge in [-0.15, -0.1) is 10.2 Å². The molecule has 82 heavy (non-hydrogen) atoms. The quantitative estimate of drug-likeness (QED) is 0.0202. The molecule has 0 radical (unpaired) electrons. The number of rotatable bonds is 48. The van der Waals surface area contributed by atoms with E-state index in [-0.39, 0.29) is 70.9 Å². The number of amides is 5. The Labute approximate surface area is 474 Å². The zero-order valence-corrected chi connectivity index (χ0v) is 45.7. The average Bonchev–Trinajstić information content (AvgIpc) is 4.11. The van der Waals surface area contributed by atoms with Gasteiger partial charge < -0.3 is 61.6 Å². The minimum absolute atomic E-state index is 0.0129. The van der Waals surface area contributed by atoms with Crippen LogP contribution in [-0.2, 0) is 103 Å². The molecular weight excluding hydrogens is 1110 g/mol. The minimum atomic E-state index is -1.74. The highest BCUT2D eigenvalue weighted by Gasteiger charge is 2.34. The molecule has 2 rings (SSSR count). The van der Waals surface area contributed by atoms with Crippen LogP contribution in [0.3, 0.4) is 0 Å². The van der Waals surface area contributed by atoms with Gasteiger partial charge in [0.2, 0.25) is 29.5 Å². The largest absolute Gasteiger partial charge is 0.481 e. The summed E-state index contributed by atoms with van der Waals surface area (Å²) >= 11 is 3.93. The smallest absolute Gasteiger partial charge is 0.327 e. The van der Waals surface area contributed by atoms with E-state index in [0.29, 0.717) is 69.4 Å². The van der Waals surface area contributed by atoms with Gasteiger partial charge >= 0.3 is 29.8 Å². The molecule has 0 aliphatic heterocycles. The van der Waals surface area contributed by atoms with Crippen molar-refractivity contribution < 1.29 is 102 Å². The van der Waals surface area contributed by atoms with E-state index in [1.54, 1.807) is 12.4 Å². The number of ether oxygens (including phenoxy) is 2. The third kappa shape index (κ3) is 29.7. The molecule has 33 heteroatoms. The highest BCUT2D eigenvalue weighted by atomic mass is 32.1. The molecule has 0 fully saturated rings. The first kappa shape index (κ1) is 69.7. The van der Waals surface area contributed by atoms with Gasteiger partial charge in [0.05, 0.1) is 42.1 Å². The van der Waals surface area contributed by atoms with E-state index in [0.717, 1.165) is 0 Å². The summed E-state index contributed by atoms with van der Waals surface area (Å²) in [4.78, 5) is 172. The van der Waals surface area contributed by atoms with Gasteiger partial charge in [-0.05, 0) is 70.6 Å². The lowest BCUT2D eigenvalue weighted by Gasteiger charge is -2.24. The number of carbonyl (C=O) groups is 14. The van der Waals surface area contributed by atoms with Crippen LogP contribution < -0.4 is 26.6 Å². The normalized spacial score (nSPS) is 13.1. The number of unbranched alkanes of at least 4 members (excludes halogenated alkanes) is 3. The van der Waals surface area contributed by atoms with Gasteiger partial charge in [-0.25, -0.2) is 4.79 Å². The van der Waals surface area contributed by atoms with Crippen molar-refractivity contribution in [3.8, 4) is 0 Å². The number of aromatic nitrogens is 6. The Hall–Kier alpha value is -8.39. The number of carboxylic acids is 5. The zero-order valence-electron chi connectivity index (χ0n) is 44.8. The van der Waals surface area contributed by atoms with Crippen LogP contribution in [0.4, 0.5) is 0 Å². The zero-order chi connectivity index (χ0) is 61.0. The molecule has 0 bridgehead atoms. The molecule has 0 spiro atoms. The Kier molecular flexibility index (Phi) is 33.2. The van der Waals surface area contributed by atoms with Crippen molar-refractivity contribution in [2.45, 2.75) is 159 Å². The topological polar surface area (TPSA) is 480 Å². The molecule has 10 N–H and O–H groups in total. The van der Waals surface area contributed by atoms with Crippen LogP contribution in [0.2, 0.25) is 0 Å². The predicted octanol–water partition coefficient (Wildman–Crippen LogP) is -1.59. The van der Waals surface area contributed by atoms with Crippen LogP contribution in [0.25, 0.3) is 0 Å². The third-order valence-electron chi connectivity index (χ3n) is 12.1. The number of carbonyl (C=O) groups excluding carboxylic acids is 9. The highest BCUT2D eigenvalue weighted by Crippen LogP contribution is 2.16. The summed E-state index contributed by atoms with van der Waals surface area (Å²) in [6.45, 7) is -0.577. The standard InChI is InChI=1S/C49H71N11O21S/c61-28-80-25-31(20-39(64)36(26-81-29-62)52-41(66)13-3-6-18-60-24-33(56-58-60)10-8-15-43(69)70)46(75)50-16-4-1-11-34(48(77)54-37(27-82)49(78)79)53-47(76)30(21-44(71)72)19-38(63)35(22-45(73)74)51-40(65)12-2-5-17-59-23-32(55-57-59)9-7-14-42(67)68/h23-24,28-31,34-37,82H,1-22,25-27H2,(H,50,75)(H,51,65)(H,52,66)(H,53,76)(H,54,77)(H,67,68)(H,69,70)(H,71,72)(H,73,74)(H,78,79)/t30-,31-,34-,35-,36-,37-/m0/s1. The number of thiol groups is 1. The summed E-state index contributed by atoms with van der Waals surface area (Å²) in [7, 11) is 0. The number of nitrogens with one attached hydrogen (secondary N) is 5. The van der Waals surface area contributed by atoms with Gasteiger partial charge in [0, 0.05) is 76.3 Å². The first-order chi connectivity index (χ1) is 39.0. The SMILES string of the molecule is O=COC[C@H](CC(=O)[C@H](COC=O)NC(=O)CCCCn1cc(CCCC(=O)O)nn1)C(=O)NCCCC[C@H](NC(=O)[C@H](CC(=O)O)CC(=O)[C@H](CC(=O)O)NC(=O)CCCCn1cc(CCCC(=O)O)nn1)C(=O)N[C@@H](CS)C(=O)O. The molecule has 0 saturated heterocycles. The van der Waals surface area contributed by atoms with E-state index in [4.69, 9.17) is 19.7 Å². The molecule has 0 saturated carbocycles. The van der Waals surface area contributed by atoms with Crippen molar-refractivity contribution in [3.05, 3.63) is 23.8 Å². The Morgan fingerprint density at radius 1 is 0.512 bits per heavy atom. The molecule has 0 aromatic carbocycles. The number of hydrogen-bond donors (Lipinski definition) is 11. The number of nitrogens with zero attached hydrogens (tertiary/aromatic N) is 6. The second kappa shape index (κ2) is 39.1. The van der Waals surface area contributed by atoms with Gasteiger partial charge in [0.1, 0.15) is 31.3 Å². The van der Waals surface area contributed by atoms with E-state index in [1.165, 1.54) is 9.36 Å². The molecule has 5 amide bonds. The van der Waals surface area contributed by atoms with Crippen LogP contribution in [0.5, 0.6) is 0 Å². The van der Waals surface area contributed by atoms with Gasteiger partial charge in [-0.1, -0.05) is 10.4 Å². The summed E-state index contributed by atoms with van der Waals surface area (Å²) in [5.41, 5.74) is 1.18. The molecule has 0 aliphatic carbocycles. The Morgan fingerprint density at radius 2 is 1.01 bits per heavy atom. The molecule has 2 aromatic rings. The van der Waals surface area contributed by atoms with Gasteiger partial charge in [-0.2, -0.15) is 12.6 Å². The predicted molar refractivity (Wildman–Crippen MR) is 280 cm³/mol. The molecule has 454 valence electrons. The highest BCUT2D eigenvalue weighted by molar-refractivity contribution is 7.80. The Balaban J connectivity index is 2.07. The third-order valence-corrected chi connectivity index (χ3v) is 12.5. The monoisotopic (exact) mass is 1180 g/mol. The van der Waals surface area contributed by atoms with Crippen LogP contribution in [0.15, 0.2) is 12.4 Å². The molecule has 2 aromatic heterocycles. The number of ketones is 2. The lowest BCUT2D eigenvalue weighted by atomic mass is 9.92. The Morgan fingerprint density at radius 3 is 1.51 bits per heavy atom. The van der Waals surface area contributed by atoms with Crippen LogP contribution in [-0.4, -0.2) is 189 Å². The first-order valence-electron chi connectivity index (χ1n) is 26.2. The molecule has 6 atom stereocenters. The molecule has 2 heterocycles. The van der Waals surface area contributed by atoms with E-state index in [2.05, 4.69) is 59.8 Å². The van der Waals surface area contributed by atoms with Crippen LogP contribution >= 0.6 is 12.6 Å². The summed E-state index contributed by atoms with van der Waals surface area (Å²) in [5.74, 6) is -16.1. The minimum Gasteiger partial charge on any atom is -0.481 e. The van der Waals surface area contributed by atoms with Crippen molar-refractivity contribution in [3.63, 3.8) is 0 Å². The summed E-state index contributed by atoms with van der Waals surface area (Å²) in [5, 5.41) is 74.2. The van der Waals surface area contributed by atoms with Gasteiger partial charge in [0.15, 0.2) is 11.6 Å². The number of aliphatic carboxylic acids is 5. The fourth-order valence-electron chi connectivity index (χ4n) is 7.86. The number of hydrogen-bond acceptors (Lipinski definition) is 21. The van der Waals surface area contributed by atoms with Crippen molar-refractivity contribution in [2.75, 3.05) is 25.5 Å². The van der Waals surface area contributed by atoms with Crippen LogP contribution in [0.1, 0.15) is 121 Å². The first-order valence-corrected chi connectivity index (χ1v) is 26.8. The number of aryl methyl sites for hydroxylation is 4. The molecular formula is C49H71N11O21S.